The summed E-state index contributed by atoms with van der Waals surface area (Å²) in [6.45, 7) is 7.94. The lowest BCUT2D eigenvalue weighted by Gasteiger charge is -2.49. The summed E-state index contributed by atoms with van der Waals surface area (Å²) in [6, 6.07) is 8.34. The molecule has 1 aliphatic heterocycles. The molecule has 1 saturated carbocycles. The first-order valence-electron chi connectivity index (χ1n) is 8.38. The van der Waals surface area contributed by atoms with Gasteiger partial charge in [-0.3, -0.25) is 4.90 Å². The number of nitrogens with one attached hydrogen (secondary N) is 1. The van der Waals surface area contributed by atoms with E-state index in [1.807, 2.05) is 0 Å². The Balaban J connectivity index is 1.74. The molecule has 21 heavy (non-hydrogen) atoms. The second-order valence-corrected chi connectivity index (χ2v) is 7.04. The van der Waals surface area contributed by atoms with E-state index in [1.165, 1.54) is 31.2 Å². The fraction of sp³-hybridized carbons (Fsp3) is 0.667. The van der Waals surface area contributed by atoms with Crippen molar-refractivity contribution in [2.45, 2.75) is 57.7 Å². The van der Waals surface area contributed by atoms with E-state index in [-0.39, 0.29) is 0 Å². The SMILES string of the molecule is CCCC1CN(Cc2ccc(O)cc2)C(C)(C2CC2)CN1. The number of piperazine rings is 1. The predicted octanol–water partition coefficient (Wildman–Crippen LogP) is 3.13. The summed E-state index contributed by atoms with van der Waals surface area (Å²) in [5.41, 5.74) is 1.60. The Morgan fingerprint density at radius 2 is 2.00 bits per heavy atom. The second-order valence-electron chi connectivity index (χ2n) is 7.04. The minimum atomic E-state index is 0.294. The third-order valence-corrected chi connectivity index (χ3v) is 5.32. The van der Waals surface area contributed by atoms with Crippen molar-refractivity contribution in [3.63, 3.8) is 0 Å². The van der Waals surface area contributed by atoms with Gasteiger partial charge in [0.05, 0.1) is 0 Å². The van der Waals surface area contributed by atoms with Crippen molar-refractivity contribution >= 4 is 0 Å². The lowest BCUT2D eigenvalue weighted by molar-refractivity contribution is 0.0260. The topological polar surface area (TPSA) is 35.5 Å². The van der Waals surface area contributed by atoms with Crippen LogP contribution < -0.4 is 5.32 Å². The Morgan fingerprint density at radius 3 is 2.62 bits per heavy atom. The number of aromatic hydroxyl groups is 1. The highest BCUT2D eigenvalue weighted by atomic mass is 16.3. The molecule has 1 heterocycles. The van der Waals surface area contributed by atoms with Crippen molar-refractivity contribution in [1.29, 1.82) is 0 Å². The fourth-order valence-corrected chi connectivity index (χ4v) is 3.72. The summed E-state index contributed by atoms with van der Waals surface area (Å²) in [6.07, 6.45) is 5.25. The Kier molecular flexibility index (Phi) is 4.23. The lowest BCUT2D eigenvalue weighted by Crippen LogP contribution is -2.63. The highest BCUT2D eigenvalue weighted by Gasteiger charge is 2.47. The average Bonchev–Trinajstić information content (AvgIpc) is 3.30. The summed E-state index contributed by atoms with van der Waals surface area (Å²) >= 11 is 0. The molecule has 0 amide bonds. The van der Waals surface area contributed by atoms with Gasteiger partial charge in [0.1, 0.15) is 5.75 Å². The van der Waals surface area contributed by atoms with E-state index >= 15 is 0 Å². The molecule has 3 rings (SSSR count). The molecule has 3 nitrogen and oxygen atoms in total. The zero-order chi connectivity index (χ0) is 14.9. The smallest absolute Gasteiger partial charge is 0.115 e. The van der Waals surface area contributed by atoms with Gasteiger partial charge in [-0.05, 0) is 49.8 Å². The van der Waals surface area contributed by atoms with Crippen molar-refractivity contribution in [1.82, 2.24) is 10.2 Å². The average molecular weight is 288 g/mol. The van der Waals surface area contributed by atoms with Crippen LogP contribution in [-0.2, 0) is 6.54 Å². The molecule has 0 bridgehead atoms. The number of rotatable bonds is 5. The highest BCUT2D eigenvalue weighted by molar-refractivity contribution is 5.26. The van der Waals surface area contributed by atoms with Crippen LogP contribution in [0.15, 0.2) is 24.3 Å². The van der Waals surface area contributed by atoms with E-state index in [0.717, 1.165) is 25.6 Å². The van der Waals surface area contributed by atoms with Gasteiger partial charge in [0, 0.05) is 31.2 Å². The zero-order valence-electron chi connectivity index (χ0n) is 13.3. The second kappa shape index (κ2) is 5.98. The molecule has 2 unspecified atom stereocenters. The molecular weight excluding hydrogens is 260 g/mol. The Morgan fingerprint density at radius 1 is 1.29 bits per heavy atom. The third kappa shape index (κ3) is 3.24. The molecule has 2 N–H and O–H groups in total. The number of nitrogens with zero attached hydrogens (tertiary/aromatic N) is 1. The number of phenolic OH excluding ortho intramolecular Hbond substituents is 1. The molecule has 2 fully saturated rings. The summed E-state index contributed by atoms with van der Waals surface area (Å²) in [4.78, 5) is 2.69. The number of phenols is 1. The normalized spacial score (nSPS) is 30.5. The van der Waals surface area contributed by atoms with Gasteiger partial charge in [-0.1, -0.05) is 25.5 Å². The Labute approximate surface area is 128 Å². The van der Waals surface area contributed by atoms with E-state index in [1.54, 1.807) is 12.1 Å². The fourth-order valence-electron chi connectivity index (χ4n) is 3.72. The van der Waals surface area contributed by atoms with Crippen molar-refractivity contribution < 1.29 is 5.11 Å². The maximum atomic E-state index is 9.45. The predicted molar refractivity (Wildman–Crippen MR) is 86.3 cm³/mol. The molecule has 2 aliphatic rings. The van der Waals surface area contributed by atoms with Crippen molar-refractivity contribution in [2.75, 3.05) is 13.1 Å². The molecule has 1 aromatic rings. The van der Waals surface area contributed by atoms with Gasteiger partial charge in [0.2, 0.25) is 0 Å². The third-order valence-electron chi connectivity index (χ3n) is 5.32. The number of benzene rings is 1. The van der Waals surface area contributed by atoms with Crippen LogP contribution in [0.1, 0.15) is 45.1 Å². The molecule has 1 aliphatic carbocycles. The number of hydrogen-bond acceptors (Lipinski definition) is 3. The van der Waals surface area contributed by atoms with Crippen LogP contribution in [0.2, 0.25) is 0 Å². The van der Waals surface area contributed by atoms with E-state index in [4.69, 9.17) is 0 Å². The van der Waals surface area contributed by atoms with E-state index in [0.29, 0.717) is 17.3 Å². The molecule has 116 valence electrons. The van der Waals surface area contributed by atoms with Crippen LogP contribution in [0, 0.1) is 5.92 Å². The molecule has 1 aromatic carbocycles. The van der Waals surface area contributed by atoms with Crippen LogP contribution in [0.5, 0.6) is 5.75 Å². The van der Waals surface area contributed by atoms with Gasteiger partial charge in [-0.15, -0.1) is 0 Å². The van der Waals surface area contributed by atoms with Crippen molar-refractivity contribution in [2.24, 2.45) is 5.92 Å². The maximum Gasteiger partial charge on any atom is 0.115 e. The first-order chi connectivity index (χ1) is 10.1. The monoisotopic (exact) mass is 288 g/mol. The summed E-state index contributed by atoms with van der Waals surface area (Å²) < 4.78 is 0. The van der Waals surface area contributed by atoms with Crippen molar-refractivity contribution in [3.8, 4) is 5.75 Å². The van der Waals surface area contributed by atoms with E-state index < -0.39 is 0 Å². The molecular formula is C18H28N2O. The minimum Gasteiger partial charge on any atom is -0.508 e. The minimum absolute atomic E-state index is 0.294. The van der Waals surface area contributed by atoms with Gasteiger partial charge < -0.3 is 10.4 Å². The summed E-state index contributed by atoms with van der Waals surface area (Å²) in [7, 11) is 0. The van der Waals surface area contributed by atoms with E-state index in [2.05, 4.69) is 36.2 Å². The van der Waals surface area contributed by atoms with Crippen LogP contribution in [0.3, 0.4) is 0 Å². The van der Waals surface area contributed by atoms with Crippen molar-refractivity contribution in [3.05, 3.63) is 29.8 Å². The molecule has 0 aromatic heterocycles. The van der Waals surface area contributed by atoms with Gasteiger partial charge in [-0.2, -0.15) is 0 Å². The molecule has 0 radical (unpaired) electrons. The maximum absolute atomic E-state index is 9.45. The van der Waals surface area contributed by atoms with Crippen LogP contribution in [0.25, 0.3) is 0 Å². The molecule has 1 saturated heterocycles. The lowest BCUT2D eigenvalue weighted by atomic mass is 9.88. The van der Waals surface area contributed by atoms with Crippen LogP contribution in [-0.4, -0.2) is 34.7 Å². The number of hydrogen-bond donors (Lipinski definition) is 2. The summed E-state index contributed by atoms with van der Waals surface area (Å²) in [5.74, 6) is 1.21. The first-order valence-corrected chi connectivity index (χ1v) is 8.38. The van der Waals surface area contributed by atoms with Gasteiger partial charge in [0.15, 0.2) is 0 Å². The van der Waals surface area contributed by atoms with Gasteiger partial charge in [-0.25, -0.2) is 0 Å². The largest absolute Gasteiger partial charge is 0.508 e. The Bertz CT molecular complexity index is 469. The zero-order valence-corrected chi connectivity index (χ0v) is 13.3. The highest BCUT2D eigenvalue weighted by Crippen LogP contribution is 2.44. The molecule has 0 spiro atoms. The standard InChI is InChI=1S/C18H28N2O/c1-3-4-16-12-20(11-14-5-9-17(21)10-6-14)18(2,13-19-16)15-7-8-15/h5-6,9-10,15-16,19,21H,3-4,7-8,11-13H2,1-2H3. The molecule has 2 atom stereocenters. The molecule has 3 heteroatoms. The van der Waals surface area contributed by atoms with E-state index in [9.17, 15) is 5.11 Å². The van der Waals surface area contributed by atoms with Gasteiger partial charge in [0.25, 0.3) is 0 Å². The quantitative estimate of drug-likeness (QED) is 0.874. The van der Waals surface area contributed by atoms with Crippen LogP contribution in [0.4, 0.5) is 0 Å². The van der Waals surface area contributed by atoms with Crippen LogP contribution >= 0.6 is 0 Å². The Hall–Kier alpha value is -1.06. The van der Waals surface area contributed by atoms with Gasteiger partial charge >= 0.3 is 0 Å². The first kappa shape index (κ1) is 14.9. The summed E-state index contributed by atoms with van der Waals surface area (Å²) in [5, 5.41) is 13.2.